The number of nitrogens with zero attached hydrogens (tertiary/aromatic N) is 1. The van der Waals surface area contributed by atoms with E-state index in [1.807, 2.05) is 26.8 Å². The van der Waals surface area contributed by atoms with E-state index in [2.05, 4.69) is 5.32 Å². The molecular formula is C14H20Cl2N2O. The number of hydrogen-bond donors (Lipinski definition) is 1. The van der Waals surface area contributed by atoms with Crippen LogP contribution in [0.3, 0.4) is 0 Å². The fourth-order valence-corrected chi connectivity index (χ4v) is 2.22. The van der Waals surface area contributed by atoms with Crippen molar-refractivity contribution in [2.45, 2.75) is 33.4 Å². The van der Waals surface area contributed by atoms with E-state index >= 15 is 0 Å². The summed E-state index contributed by atoms with van der Waals surface area (Å²) in [5.74, 6) is 0.100. The van der Waals surface area contributed by atoms with Crippen molar-refractivity contribution in [1.29, 1.82) is 0 Å². The summed E-state index contributed by atoms with van der Waals surface area (Å²) >= 11 is 12.0. The van der Waals surface area contributed by atoms with E-state index in [1.165, 1.54) is 0 Å². The van der Waals surface area contributed by atoms with Gasteiger partial charge in [0.05, 0.1) is 6.04 Å². The summed E-state index contributed by atoms with van der Waals surface area (Å²) in [5, 5.41) is 4.48. The van der Waals surface area contributed by atoms with Gasteiger partial charge in [0.1, 0.15) is 0 Å². The molecule has 0 aliphatic carbocycles. The quantitative estimate of drug-likeness (QED) is 0.874. The molecule has 1 aromatic rings. The third kappa shape index (κ3) is 4.68. The highest BCUT2D eigenvalue weighted by atomic mass is 35.5. The summed E-state index contributed by atoms with van der Waals surface area (Å²) in [4.78, 5) is 13.9. The Bertz CT molecular complexity index is 433. The predicted octanol–water partition coefficient (Wildman–Crippen LogP) is 3.34. The smallest absolute Gasteiger partial charge is 0.239 e. The molecule has 0 aliphatic heterocycles. The number of benzene rings is 1. The monoisotopic (exact) mass is 302 g/mol. The fraction of sp³-hybridized carbons (Fsp3) is 0.500. The van der Waals surface area contributed by atoms with Crippen molar-refractivity contribution in [3.8, 4) is 0 Å². The summed E-state index contributed by atoms with van der Waals surface area (Å²) in [6, 6.07) is 5.08. The number of nitrogens with one attached hydrogen (secondary N) is 1. The van der Waals surface area contributed by atoms with Gasteiger partial charge in [-0.25, -0.2) is 0 Å². The first-order valence-electron chi connectivity index (χ1n) is 6.45. The lowest BCUT2D eigenvalue weighted by atomic mass is 10.2. The molecule has 1 N–H and O–H groups in total. The van der Waals surface area contributed by atoms with Gasteiger partial charge in [-0.3, -0.25) is 4.79 Å². The molecule has 0 fully saturated rings. The number of hydrogen-bond acceptors (Lipinski definition) is 2. The molecule has 3 nitrogen and oxygen atoms in total. The van der Waals surface area contributed by atoms with Crippen LogP contribution >= 0.6 is 23.2 Å². The van der Waals surface area contributed by atoms with Crippen LogP contribution in [-0.4, -0.2) is 29.9 Å². The van der Waals surface area contributed by atoms with Crippen molar-refractivity contribution in [2.24, 2.45) is 0 Å². The standard InChI is InChI=1S/C14H20Cl2N2O/c1-4-18(5-2)14(19)10(3)17-9-11-8-12(15)6-7-13(11)16/h6-8,10,17H,4-5,9H2,1-3H3. The van der Waals surface area contributed by atoms with Crippen molar-refractivity contribution in [2.75, 3.05) is 13.1 Å². The topological polar surface area (TPSA) is 32.3 Å². The second kappa shape index (κ2) is 7.73. The maximum Gasteiger partial charge on any atom is 0.239 e. The number of rotatable bonds is 6. The van der Waals surface area contributed by atoms with Gasteiger partial charge in [0.15, 0.2) is 0 Å². The van der Waals surface area contributed by atoms with Crippen molar-refractivity contribution < 1.29 is 4.79 Å². The Kier molecular flexibility index (Phi) is 6.63. The minimum absolute atomic E-state index is 0.100. The summed E-state index contributed by atoms with van der Waals surface area (Å²) in [6.07, 6.45) is 0. The Morgan fingerprint density at radius 3 is 2.53 bits per heavy atom. The van der Waals surface area contributed by atoms with Gasteiger partial charge in [0, 0.05) is 29.7 Å². The van der Waals surface area contributed by atoms with Gasteiger partial charge < -0.3 is 10.2 Å². The summed E-state index contributed by atoms with van der Waals surface area (Å²) < 4.78 is 0. The molecule has 5 heteroatoms. The van der Waals surface area contributed by atoms with Crippen LogP contribution in [0.25, 0.3) is 0 Å². The first-order chi connectivity index (χ1) is 8.99. The number of carbonyl (C=O) groups excluding carboxylic acids is 1. The first kappa shape index (κ1) is 16.3. The van der Waals surface area contributed by atoms with E-state index in [-0.39, 0.29) is 11.9 Å². The molecule has 1 unspecified atom stereocenters. The molecule has 0 heterocycles. The average molecular weight is 303 g/mol. The van der Waals surface area contributed by atoms with Crippen LogP contribution in [0.15, 0.2) is 18.2 Å². The van der Waals surface area contributed by atoms with Crippen LogP contribution in [0.5, 0.6) is 0 Å². The van der Waals surface area contributed by atoms with Gasteiger partial charge in [-0.1, -0.05) is 23.2 Å². The van der Waals surface area contributed by atoms with Crippen LogP contribution in [0.1, 0.15) is 26.3 Å². The number of carbonyl (C=O) groups is 1. The van der Waals surface area contributed by atoms with Crippen LogP contribution in [0.4, 0.5) is 0 Å². The highest BCUT2D eigenvalue weighted by Crippen LogP contribution is 2.20. The van der Waals surface area contributed by atoms with Crippen LogP contribution < -0.4 is 5.32 Å². The first-order valence-corrected chi connectivity index (χ1v) is 7.21. The Morgan fingerprint density at radius 2 is 1.95 bits per heavy atom. The molecule has 0 saturated carbocycles. The van der Waals surface area contributed by atoms with Gasteiger partial charge in [-0.15, -0.1) is 0 Å². The van der Waals surface area contributed by atoms with Gasteiger partial charge >= 0.3 is 0 Å². The molecule has 0 saturated heterocycles. The maximum absolute atomic E-state index is 12.1. The van der Waals surface area contributed by atoms with Crippen molar-refractivity contribution >= 4 is 29.1 Å². The molecular weight excluding hydrogens is 283 g/mol. The number of amides is 1. The molecule has 1 amide bonds. The lowest BCUT2D eigenvalue weighted by Crippen LogP contribution is -2.44. The minimum atomic E-state index is -0.241. The number of likely N-dealkylation sites (N-methyl/N-ethyl adjacent to an activating group) is 1. The normalized spacial score (nSPS) is 12.3. The Morgan fingerprint density at radius 1 is 1.32 bits per heavy atom. The number of halogens is 2. The minimum Gasteiger partial charge on any atom is -0.342 e. The Labute approximate surface area is 124 Å². The van der Waals surface area contributed by atoms with Gasteiger partial charge in [0.2, 0.25) is 5.91 Å². The van der Waals surface area contributed by atoms with E-state index in [0.717, 1.165) is 18.7 Å². The molecule has 0 aromatic heterocycles. The van der Waals surface area contributed by atoms with Crippen LogP contribution in [0, 0.1) is 0 Å². The molecule has 19 heavy (non-hydrogen) atoms. The van der Waals surface area contributed by atoms with E-state index in [0.29, 0.717) is 16.6 Å². The SMILES string of the molecule is CCN(CC)C(=O)C(C)NCc1cc(Cl)ccc1Cl. The third-order valence-electron chi connectivity index (χ3n) is 3.05. The fourth-order valence-electron chi connectivity index (χ4n) is 1.84. The van der Waals surface area contributed by atoms with E-state index in [4.69, 9.17) is 23.2 Å². The zero-order chi connectivity index (χ0) is 14.4. The van der Waals surface area contributed by atoms with E-state index in [1.54, 1.807) is 17.0 Å². The molecule has 0 bridgehead atoms. The third-order valence-corrected chi connectivity index (χ3v) is 3.66. The zero-order valence-electron chi connectivity index (χ0n) is 11.5. The molecule has 0 spiro atoms. The molecule has 0 radical (unpaired) electrons. The largest absolute Gasteiger partial charge is 0.342 e. The van der Waals surface area contributed by atoms with Crippen molar-refractivity contribution in [3.05, 3.63) is 33.8 Å². The molecule has 1 rings (SSSR count). The van der Waals surface area contributed by atoms with Crippen LogP contribution in [-0.2, 0) is 11.3 Å². The second-order valence-electron chi connectivity index (χ2n) is 4.35. The highest BCUT2D eigenvalue weighted by Gasteiger charge is 2.17. The maximum atomic E-state index is 12.1. The summed E-state index contributed by atoms with van der Waals surface area (Å²) in [6.45, 7) is 7.77. The Hall–Kier alpha value is -0.770. The second-order valence-corrected chi connectivity index (χ2v) is 5.19. The van der Waals surface area contributed by atoms with Gasteiger partial charge in [-0.2, -0.15) is 0 Å². The van der Waals surface area contributed by atoms with E-state index in [9.17, 15) is 4.79 Å². The Balaban J connectivity index is 2.61. The van der Waals surface area contributed by atoms with Gasteiger partial charge in [0.25, 0.3) is 0 Å². The molecule has 0 aliphatic rings. The molecule has 1 aromatic carbocycles. The predicted molar refractivity (Wildman–Crippen MR) is 80.7 cm³/mol. The summed E-state index contributed by atoms with van der Waals surface area (Å²) in [5.41, 5.74) is 0.897. The van der Waals surface area contributed by atoms with E-state index < -0.39 is 0 Å². The zero-order valence-corrected chi connectivity index (χ0v) is 13.1. The van der Waals surface area contributed by atoms with Crippen molar-refractivity contribution in [1.82, 2.24) is 10.2 Å². The van der Waals surface area contributed by atoms with Crippen LogP contribution in [0.2, 0.25) is 10.0 Å². The molecule has 1 atom stereocenters. The summed E-state index contributed by atoms with van der Waals surface area (Å²) in [7, 11) is 0. The lowest BCUT2D eigenvalue weighted by molar-refractivity contribution is -0.132. The van der Waals surface area contributed by atoms with Gasteiger partial charge in [-0.05, 0) is 44.5 Å². The van der Waals surface area contributed by atoms with Crippen molar-refractivity contribution in [3.63, 3.8) is 0 Å². The lowest BCUT2D eigenvalue weighted by Gasteiger charge is -2.23. The average Bonchev–Trinajstić information content (AvgIpc) is 2.40. The highest BCUT2D eigenvalue weighted by molar-refractivity contribution is 6.33. The molecule has 106 valence electrons.